The Hall–Kier alpha value is -4.49. The van der Waals surface area contributed by atoms with Crippen molar-refractivity contribution >= 4 is 39.2 Å². The average Bonchev–Trinajstić information content (AvgIpc) is 3.36. The van der Waals surface area contributed by atoms with Crippen molar-refractivity contribution in [3.05, 3.63) is 122 Å². The number of hydrogen-bond donors (Lipinski definition) is 2. The number of fused-ring (bicyclic) bond motifs is 2. The standard InChI is InChI=1S/C33H29N3O3S/c1-21-15-17-23(18-16-21)36-32(38)25-12-6-5-11-24(25)27(33(36)39)20-35-31-29(26-13-7-8-14-28(26)40-31)30(37)34-19-22-9-3-2-4-10-22/h2-6,9-12,15-18,20,39H,7-8,13-14,19H2,1H3,(H,34,37). The van der Waals surface area contributed by atoms with E-state index in [1.165, 1.54) is 20.8 Å². The lowest BCUT2D eigenvalue weighted by Gasteiger charge is -2.14. The lowest BCUT2D eigenvalue weighted by atomic mass is 9.95. The molecule has 0 atom stereocenters. The zero-order valence-corrected chi connectivity index (χ0v) is 23.0. The van der Waals surface area contributed by atoms with Gasteiger partial charge in [0.05, 0.1) is 16.8 Å². The van der Waals surface area contributed by atoms with E-state index in [9.17, 15) is 14.7 Å². The molecule has 2 N–H and O–H groups in total. The fourth-order valence-electron chi connectivity index (χ4n) is 5.29. The van der Waals surface area contributed by atoms with Gasteiger partial charge in [0.25, 0.3) is 11.5 Å². The van der Waals surface area contributed by atoms with Crippen LogP contribution in [0.4, 0.5) is 5.00 Å². The Balaban J connectivity index is 1.44. The molecule has 1 aliphatic rings. The lowest BCUT2D eigenvalue weighted by molar-refractivity contribution is 0.0951. The Labute approximate surface area is 236 Å². The molecule has 7 heteroatoms. The summed E-state index contributed by atoms with van der Waals surface area (Å²) in [5.41, 5.74) is 4.47. The summed E-state index contributed by atoms with van der Waals surface area (Å²) in [6.45, 7) is 2.40. The zero-order chi connectivity index (χ0) is 27.6. The van der Waals surface area contributed by atoms with E-state index in [2.05, 4.69) is 5.32 Å². The summed E-state index contributed by atoms with van der Waals surface area (Å²) >= 11 is 1.54. The second kappa shape index (κ2) is 10.9. The molecule has 2 aromatic heterocycles. The van der Waals surface area contributed by atoms with Gasteiger partial charge in [0.15, 0.2) is 0 Å². The molecule has 6 rings (SSSR count). The number of benzene rings is 3. The molecule has 0 saturated carbocycles. The van der Waals surface area contributed by atoms with Gasteiger partial charge in [-0.1, -0.05) is 66.2 Å². The molecule has 0 saturated heterocycles. The highest BCUT2D eigenvalue weighted by atomic mass is 32.1. The van der Waals surface area contributed by atoms with E-state index in [1.54, 1.807) is 12.3 Å². The van der Waals surface area contributed by atoms with Crippen molar-refractivity contribution in [3.63, 3.8) is 0 Å². The molecule has 0 unspecified atom stereocenters. The van der Waals surface area contributed by atoms with Crippen molar-refractivity contribution in [2.75, 3.05) is 0 Å². The molecule has 0 aliphatic heterocycles. The largest absolute Gasteiger partial charge is 0.494 e. The van der Waals surface area contributed by atoms with Crippen molar-refractivity contribution in [2.24, 2.45) is 4.99 Å². The van der Waals surface area contributed by atoms with Gasteiger partial charge in [0, 0.05) is 28.4 Å². The van der Waals surface area contributed by atoms with Gasteiger partial charge in [-0.2, -0.15) is 0 Å². The van der Waals surface area contributed by atoms with Gasteiger partial charge in [-0.25, -0.2) is 9.56 Å². The van der Waals surface area contributed by atoms with E-state index in [4.69, 9.17) is 4.99 Å². The van der Waals surface area contributed by atoms with Crippen LogP contribution in [0.1, 0.15) is 50.3 Å². The third-order valence-electron chi connectivity index (χ3n) is 7.38. The number of aromatic nitrogens is 1. The van der Waals surface area contributed by atoms with Crippen molar-refractivity contribution in [1.82, 2.24) is 9.88 Å². The molecular weight excluding hydrogens is 518 g/mol. The maximum absolute atomic E-state index is 13.5. The third kappa shape index (κ3) is 4.84. The highest BCUT2D eigenvalue weighted by Gasteiger charge is 2.25. The Morgan fingerprint density at radius 2 is 1.68 bits per heavy atom. The van der Waals surface area contributed by atoms with Crippen molar-refractivity contribution in [3.8, 4) is 11.6 Å². The first-order valence-corrected chi connectivity index (χ1v) is 14.3. The van der Waals surface area contributed by atoms with E-state index in [-0.39, 0.29) is 17.3 Å². The first kappa shape index (κ1) is 25.8. The fraction of sp³-hybridized carbons (Fsp3) is 0.182. The summed E-state index contributed by atoms with van der Waals surface area (Å²) in [5, 5.41) is 16.2. The van der Waals surface area contributed by atoms with Crippen LogP contribution in [0, 0.1) is 6.92 Å². The molecule has 0 spiro atoms. The quantitative estimate of drug-likeness (QED) is 0.234. The predicted molar refractivity (Wildman–Crippen MR) is 162 cm³/mol. The van der Waals surface area contributed by atoms with Gasteiger partial charge < -0.3 is 10.4 Å². The highest BCUT2D eigenvalue weighted by molar-refractivity contribution is 7.16. The molecule has 5 aromatic rings. The molecule has 1 amide bonds. The number of rotatable bonds is 6. The van der Waals surface area contributed by atoms with Crippen molar-refractivity contribution in [2.45, 2.75) is 39.2 Å². The number of nitrogens with zero attached hydrogens (tertiary/aromatic N) is 2. The predicted octanol–water partition coefficient (Wildman–Crippen LogP) is 6.63. The van der Waals surface area contributed by atoms with E-state index in [0.717, 1.165) is 42.4 Å². The number of thiophene rings is 1. The summed E-state index contributed by atoms with van der Waals surface area (Å²) in [6, 6.07) is 24.5. The molecule has 0 radical (unpaired) electrons. The van der Waals surface area contributed by atoms with Crippen LogP contribution in [0.25, 0.3) is 16.5 Å². The van der Waals surface area contributed by atoms with Crippen LogP contribution < -0.4 is 10.9 Å². The van der Waals surface area contributed by atoms with Crippen LogP contribution >= 0.6 is 11.3 Å². The Bertz CT molecular complexity index is 1800. The monoisotopic (exact) mass is 547 g/mol. The first-order valence-electron chi connectivity index (χ1n) is 13.5. The molecule has 0 bridgehead atoms. The summed E-state index contributed by atoms with van der Waals surface area (Å²) < 4.78 is 1.32. The SMILES string of the molecule is Cc1ccc(-n2c(O)c(C=Nc3sc4c(c3C(=O)NCc3ccccc3)CCCC4)c3ccccc3c2=O)cc1. The average molecular weight is 548 g/mol. The number of amides is 1. The summed E-state index contributed by atoms with van der Waals surface area (Å²) in [4.78, 5) is 32.9. The lowest BCUT2D eigenvalue weighted by Crippen LogP contribution is -2.24. The summed E-state index contributed by atoms with van der Waals surface area (Å²) in [6.07, 6.45) is 5.50. The normalized spacial score (nSPS) is 13.0. The Morgan fingerprint density at radius 3 is 2.45 bits per heavy atom. The van der Waals surface area contributed by atoms with Gasteiger partial charge in [0.2, 0.25) is 5.88 Å². The van der Waals surface area contributed by atoms with Crippen LogP contribution in [0.5, 0.6) is 5.88 Å². The van der Waals surface area contributed by atoms with Gasteiger partial charge >= 0.3 is 0 Å². The number of hydrogen-bond acceptors (Lipinski definition) is 5. The van der Waals surface area contributed by atoms with E-state index >= 15 is 0 Å². The minimum Gasteiger partial charge on any atom is -0.494 e. The van der Waals surface area contributed by atoms with Crippen LogP contribution in [0.3, 0.4) is 0 Å². The minimum atomic E-state index is -0.304. The topological polar surface area (TPSA) is 83.7 Å². The van der Waals surface area contributed by atoms with Crippen molar-refractivity contribution in [1.29, 1.82) is 0 Å². The molecule has 3 aromatic carbocycles. The zero-order valence-electron chi connectivity index (χ0n) is 22.2. The number of carbonyl (C=O) groups is 1. The maximum Gasteiger partial charge on any atom is 0.265 e. The number of nitrogens with one attached hydrogen (secondary N) is 1. The minimum absolute atomic E-state index is 0.144. The van der Waals surface area contributed by atoms with Gasteiger partial charge in [-0.15, -0.1) is 11.3 Å². The van der Waals surface area contributed by atoms with Crippen LogP contribution in [-0.2, 0) is 19.4 Å². The van der Waals surface area contributed by atoms with Crippen LogP contribution in [0.2, 0.25) is 0 Å². The molecule has 6 nitrogen and oxygen atoms in total. The van der Waals surface area contributed by atoms with E-state index < -0.39 is 0 Å². The molecule has 2 heterocycles. The Kier molecular flexibility index (Phi) is 7.05. The van der Waals surface area contributed by atoms with E-state index in [0.29, 0.717) is 39.1 Å². The van der Waals surface area contributed by atoms with Gasteiger partial charge in [-0.3, -0.25) is 9.59 Å². The smallest absolute Gasteiger partial charge is 0.265 e. The first-order chi connectivity index (χ1) is 19.5. The second-order valence-electron chi connectivity index (χ2n) is 10.1. The number of aryl methyl sites for hydroxylation is 2. The van der Waals surface area contributed by atoms with Gasteiger partial charge in [-0.05, 0) is 61.9 Å². The number of pyridine rings is 1. The maximum atomic E-state index is 13.5. The summed E-state index contributed by atoms with van der Waals surface area (Å²) in [5.74, 6) is -0.332. The molecular formula is C33H29N3O3S. The summed E-state index contributed by atoms with van der Waals surface area (Å²) in [7, 11) is 0. The van der Waals surface area contributed by atoms with E-state index in [1.807, 2.05) is 79.7 Å². The molecule has 200 valence electrons. The molecule has 1 aliphatic carbocycles. The molecule has 40 heavy (non-hydrogen) atoms. The number of carbonyl (C=O) groups excluding carboxylic acids is 1. The number of aliphatic imine (C=N–C) groups is 1. The Morgan fingerprint density at radius 1 is 0.975 bits per heavy atom. The van der Waals surface area contributed by atoms with Crippen LogP contribution in [0.15, 0.2) is 88.6 Å². The van der Waals surface area contributed by atoms with Crippen molar-refractivity contribution < 1.29 is 9.90 Å². The second-order valence-corrected chi connectivity index (χ2v) is 11.2. The number of aromatic hydroxyl groups is 1. The fourth-order valence-corrected chi connectivity index (χ4v) is 6.52. The van der Waals surface area contributed by atoms with Gasteiger partial charge in [0.1, 0.15) is 5.00 Å². The third-order valence-corrected chi connectivity index (χ3v) is 8.58. The highest BCUT2D eigenvalue weighted by Crippen LogP contribution is 2.40. The van der Waals surface area contributed by atoms with Crippen LogP contribution in [-0.4, -0.2) is 21.8 Å². The molecule has 0 fully saturated rings.